The smallest absolute Gasteiger partial charge is 0.314 e. The van der Waals surface area contributed by atoms with Gasteiger partial charge in [-0.15, -0.1) is 0 Å². The fourth-order valence-corrected chi connectivity index (χ4v) is 5.28. The first kappa shape index (κ1) is 26.4. The molecule has 1 heterocycles. The van der Waals surface area contributed by atoms with Crippen LogP contribution in [0.2, 0.25) is 0 Å². The minimum Gasteiger partial charge on any atom is -0.481 e. The zero-order chi connectivity index (χ0) is 27.6. The minimum absolute atomic E-state index is 0.0963. The molecular formula is C33H34N2O4. The number of aliphatic carboxylic acids is 1. The van der Waals surface area contributed by atoms with Gasteiger partial charge in [0.25, 0.3) is 0 Å². The van der Waals surface area contributed by atoms with Crippen molar-refractivity contribution < 1.29 is 19.2 Å². The van der Waals surface area contributed by atoms with E-state index in [4.69, 9.17) is 4.52 Å². The Morgan fingerprint density at radius 3 is 2.13 bits per heavy atom. The van der Waals surface area contributed by atoms with Crippen molar-refractivity contribution in [3.63, 3.8) is 0 Å². The topological polar surface area (TPSA) is 83.6 Å². The predicted molar refractivity (Wildman–Crippen MR) is 151 cm³/mol. The summed E-state index contributed by atoms with van der Waals surface area (Å²) in [6, 6.07) is 26.1. The van der Waals surface area contributed by atoms with Gasteiger partial charge in [-0.1, -0.05) is 90.9 Å². The van der Waals surface area contributed by atoms with Gasteiger partial charge in [-0.05, 0) is 54.4 Å². The second kappa shape index (κ2) is 10.9. The lowest BCUT2D eigenvalue weighted by atomic mass is 9.93. The number of hydrogen-bond donors (Lipinski definition) is 1. The molecular weight excluding hydrogens is 488 g/mol. The Morgan fingerprint density at radius 2 is 1.54 bits per heavy atom. The van der Waals surface area contributed by atoms with Crippen LogP contribution in [0.3, 0.4) is 0 Å². The van der Waals surface area contributed by atoms with Crippen LogP contribution in [0.25, 0.3) is 22.5 Å². The van der Waals surface area contributed by atoms with Crippen LogP contribution in [-0.2, 0) is 21.4 Å². The highest BCUT2D eigenvalue weighted by atomic mass is 16.5. The highest BCUT2D eigenvalue weighted by molar-refractivity contribution is 5.85. The molecule has 1 saturated carbocycles. The zero-order valence-corrected chi connectivity index (χ0v) is 22.7. The number of benzene rings is 3. The molecule has 4 aromatic rings. The summed E-state index contributed by atoms with van der Waals surface area (Å²) in [5.41, 5.74) is 6.11. The van der Waals surface area contributed by atoms with E-state index in [2.05, 4.69) is 24.2 Å². The second-order valence-electron chi connectivity index (χ2n) is 10.7. The largest absolute Gasteiger partial charge is 0.481 e. The lowest BCUT2D eigenvalue weighted by molar-refractivity contribution is -0.140. The lowest BCUT2D eigenvalue weighted by Crippen LogP contribution is -2.30. The van der Waals surface area contributed by atoms with Gasteiger partial charge in [0.1, 0.15) is 0 Å². The van der Waals surface area contributed by atoms with E-state index in [1.807, 2.05) is 85.6 Å². The van der Waals surface area contributed by atoms with E-state index >= 15 is 0 Å². The summed E-state index contributed by atoms with van der Waals surface area (Å²) in [6.07, 6.45) is 2.34. The van der Waals surface area contributed by atoms with Crippen molar-refractivity contribution >= 4 is 11.9 Å². The zero-order valence-electron chi connectivity index (χ0n) is 22.7. The Balaban J connectivity index is 1.24. The van der Waals surface area contributed by atoms with Gasteiger partial charge in [0, 0.05) is 31.1 Å². The summed E-state index contributed by atoms with van der Waals surface area (Å²) in [5.74, 6) is 0.307. The van der Waals surface area contributed by atoms with Crippen molar-refractivity contribution in [3.8, 4) is 22.5 Å². The third kappa shape index (κ3) is 5.51. The van der Waals surface area contributed by atoms with E-state index in [0.717, 1.165) is 33.5 Å². The van der Waals surface area contributed by atoms with Gasteiger partial charge in [-0.25, -0.2) is 0 Å². The van der Waals surface area contributed by atoms with E-state index in [1.165, 1.54) is 5.56 Å². The Morgan fingerprint density at radius 1 is 0.949 bits per heavy atom. The molecule has 200 valence electrons. The molecule has 0 radical (unpaired) electrons. The Labute approximate surface area is 229 Å². The molecule has 0 bridgehead atoms. The molecule has 1 fully saturated rings. The van der Waals surface area contributed by atoms with Crippen molar-refractivity contribution in [1.82, 2.24) is 10.1 Å². The molecule has 5 rings (SSSR count). The highest BCUT2D eigenvalue weighted by Gasteiger charge is 2.51. The van der Waals surface area contributed by atoms with Crippen LogP contribution in [-0.4, -0.2) is 40.6 Å². The first-order valence-electron chi connectivity index (χ1n) is 13.5. The van der Waals surface area contributed by atoms with E-state index in [0.29, 0.717) is 38.0 Å². The quantitative estimate of drug-likeness (QED) is 0.253. The number of likely N-dealkylation sites (N-methyl/N-ethyl adjacent to an activating group) is 1. The molecule has 3 aromatic carbocycles. The van der Waals surface area contributed by atoms with Crippen molar-refractivity contribution in [3.05, 3.63) is 101 Å². The first-order valence-corrected chi connectivity index (χ1v) is 13.5. The Kier molecular flexibility index (Phi) is 7.38. The summed E-state index contributed by atoms with van der Waals surface area (Å²) in [4.78, 5) is 26.4. The number of carbonyl (C=O) groups is 2. The average Bonchev–Trinajstić information content (AvgIpc) is 3.70. The van der Waals surface area contributed by atoms with Crippen LogP contribution in [0.1, 0.15) is 54.5 Å². The number of amides is 1. The molecule has 1 aliphatic carbocycles. The summed E-state index contributed by atoms with van der Waals surface area (Å²) < 4.78 is 5.69. The van der Waals surface area contributed by atoms with E-state index in [-0.39, 0.29) is 11.8 Å². The molecule has 0 aliphatic heterocycles. The van der Waals surface area contributed by atoms with Crippen LogP contribution < -0.4 is 0 Å². The van der Waals surface area contributed by atoms with Gasteiger partial charge >= 0.3 is 5.97 Å². The summed E-state index contributed by atoms with van der Waals surface area (Å²) in [7, 11) is 1.86. The van der Waals surface area contributed by atoms with Gasteiger partial charge in [0.05, 0.1) is 11.1 Å². The maximum absolute atomic E-state index is 12.9. The van der Waals surface area contributed by atoms with Gasteiger partial charge in [-0.2, -0.15) is 0 Å². The van der Waals surface area contributed by atoms with Gasteiger partial charge in [0.2, 0.25) is 5.91 Å². The molecule has 6 nitrogen and oxygen atoms in total. The molecule has 1 amide bonds. The molecule has 1 N–H and O–H groups in total. The van der Waals surface area contributed by atoms with Crippen LogP contribution in [0.5, 0.6) is 0 Å². The number of aromatic nitrogens is 1. The average molecular weight is 523 g/mol. The monoisotopic (exact) mass is 522 g/mol. The standard InChI is InChI=1S/C33H34N2O4/c1-22(24-7-5-4-6-8-24)21-35(3)30(36)18-17-29-23(2)34-39-31(29)27-11-9-25(10-12-27)26-13-15-28(16-14-26)33(19-20-33)32(37)38/h4-16,22H,17-21H2,1-3H3,(H,37,38). The summed E-state index contributed by atoms with van der Waals surface area (Å²) in [6.45, 7) is 4.71. The number of carbonyl (C=O) groups excluding carboxylic acids is 1. The van der Waals surface area contributed by atoms with E-state index in [1.54, 1.807) is 0 Å². The molecule has 39 heavy (non-hydrogen) atoms. The molecule has 1 unspecified atom stereocenters. The number of rotatable bonds is 10. The molecule has 0 spiro atoms. The molecule has 1 aromatic heterocycles. The van der Waals surface area contributed by atoms with Crippen LogP contribution in [0.15, 0.2) is 83.4 Å². The maximum Gasteiger partial charge on any atom is 0.314 e. The fourth-order valence-electron chi connectivity index (χ4n) is 5.28. The fraction of sp³-hybridized carbons (Fsp3) is 0.303. The van der Waals surface area contributed by atoms with Gasteiger partial charge in [-0.3, -0.25) is 9.59 Å². The predicted octanol–water partition coefficient (Wildman–Crippen LogP) is 6.63. The molecule has 6 heteroatoms. The minimum atomic E-state index is -0.743. The number of hydrogen-bond acceptors (Lipinski definition) is 4. The third-order valence-electron chi connectivity index (χ3n) is 7.99. The number of aryl methyl sites for hydroxylation is 1. The van der Waals surface area contributed by atoms with E-state index < -0.39 is 11.4 Å². The summed E-state index contributed by atoms with van der Waals surface area (Å²) >= 11 is 0. The second-order valence-corrected chi connectivity index (χ2v) is 10.7. The Bertz CT molecular complexity index is 1450. The normalized spacial score (nSPS) is 14.5. The maximum atomic E-state index is 12.9. The molecule has 1 aliphatic rings. The molecule has 1 atom stereocenters. The van der Waals surface area contributed by atoms with Crippen LogP contribution >= 0.6 is 0 Å². The highest BCUT2D eigenvalue weighted by Crippen LogP contribution is 2.48. The van der Waals surface area contributed by atoms with Gasteiger partial charge in [0.15, 0.2) is 5.76 Å². The third-order valence-corrected chi connectivity index (χ3v) is 7.99. The number of nitrogens with zero attached hydrogens (tertiary/aromatic N) is 2. The van der Waals surface area contributed by atoms with Crippen molar-refractivity contribution in [2.24, 2.45) is 0 Å². The van der Waals surface area contributed by atoms with Crippen LogP contribution in [0, 0.1) is 6.92 Å². The van der Waals surface area contributed by atoms with Crippen molar-refractivity contribution in [1.29, 1.82) is 0 Å². The summed E-state index contributed by atoms with van der Waals surface area (Å²) in [5, 5.41) is 13.7. The van der Waals surface area contributed by atoms with E-state index in [9.17, 15) is 14.7 Å². The molecule has 0 saturated heterocycles. The lowest BCUT2D eigenvalue weighted by Gasteiger charge is -2.22. The Hall–Kier alpha value is -4.19. The number of carboxylic acid groups (broad SMARTS) is 1. The SMILES string of the molecule is Cc1noc(-c2ccc(-c3ccc(C4(C(=O)O)CC4)cc3)cc2)c1CCC(=O)N(C)CC(C)c1ccccc1. The van der Waals surface area contributed by atoms with Crippen molar-refractivity contribution in [2.75, 3.05) is 13.6 Å². The van der Waals surface area contributed by atoms with Gasteiger partial charge < -0.3 is 14.5 Å². The van der Waals surface area contributed by atoms with Crippen molar-refractivity contribution in [2.45, 2.75) is 50.9 Å². The van der Waals surface area contributed by atoms with Crippen LogP contribution in [0.4, 0.5) is 0 Å². The first-order chi connectivity index (χ1) is 18.8. The number of carboxylic acids is 1.